The van der Waals surface area contributed by atoms with Crippen molar-refractivity contribution in [2.75, 3.05) is 0 Å². The van der Waals surface area contributed by atoms with Gasteiger partial charge in [-0.15, -0.1) is 0 Å². The summed E-state index contributed by atoms with van der Waals surface area (Å²) in [5, 5.41) is 0. The van der Waals surface area contributed by atoms with Crippen LogP contribution >= 0.6 is 0 Å². The fourth-order valence-corrected chi connectivity index (χ4v) is 1.60. The minimum absolute atomic E-state index is 0.161. The van der Waals surface area contributed by atoms with E-state index in [9.17, 15) is 9.59 Å². The fraction of sp³-hybridized carbons (Fsp3) is 0.667. The van der Waals surface area contributed by atoms with Gasteiger partial charge in [0, 0.05) is 0 Å². The molecule has 0 N–H and O–H groups in total. The van der Waals surface area contributed by atoms with Crippen LogP contribution in [0.4, 0.5) is 0 Å². The van der Waals surface area contributed by atoms with Crippen molar-refractivity contribution in [3.05, 3.63) is 0 Å². The van der Waals surface area contributed by atoms with Crippen LogP contribution in [0.25, 0.3) is 0 Å². The van der Waals surface area contributed by atoms with Crippen molar-refractivity contribution in [1.82, 2.24) is 0 Å². The molecule has 0 rings (SSSR count). The SMILES string of the molecule is CC(=O)CCC[C](=O)[InH2]. The Kier molecular flexibility index (Phi) is 5.15. The zero-order valence-electron chi connectivity index (χ0n) is 5.94. The van der Waals surface area contributed by atoms with Gasteiger partial charge >= 0.3 is 69.5 Å². The van der Waals surface area contributed by atoms with Gasteiger partial charge in [0.25, 0.3) is 0 Å². The quantitative estimate of drug-likeness (QED) is 0.676. The summed E-state index contributed by atoms with van der Waals surface area (Å²) in [6.07, 6.45) is 1.97. The molecule has 9 heavy (non-hydrogen) atoms. The van der Waals surface area contributed by atoms with Gasteiger partial charge in [-0.25, -0.2) is 0 Å². The molecule has 0 saturated heterocycles. The Hall–Kier alpha value is 0.210. The summed E-state index contributed by atoms with van der Waals surface area (Å²) in [6, 6.07) is 0. The van der Waals surface area contributed by atoms with E-state index in [1.165, 1.54) is 0 Å². The van der Waals surface area contributed by atoms with Crippen LogP contribution in [0, 0.1) is 0 Å². The van der Waals surface area contributed by atoms with Crippen molar-refractivity contribution in [3.63, 3.8) is 0 Å². The van der Waals surface area contributed by atoms with E-state index in [0.717, 1.165) is 6.42 Å². The van der Waals surface area contributed by atoms with E-state index < -0.39 is 0 Å². The van der Waals surface area contributed by atoms with E-state index in [1.54, 1.807) is 6.92 Å². The monoisotopic (exact) mass is 230 g/mol. The second-order valence-electron chi connectivity index (χ2n) is 2.26. The van der Waals surface area contributed by atoms with E-state index in [0.29, 0.717) is 16.4 Å². The fourth-order valence-electron chi connectivity index (χ4n) is 0.586. The average Bonchev–Trinajstić information content (AvgIpc) is 1.63. The summed E-state index contributed by atoms with van der Waals surface area (Å²) >= 11 is 0.161. The summed E-state index contributed by atoms with van der Waals surface area (Å²) in [6.45, 7) is 1.56. The summed E-state index contributed by atoms with van der Waals surface area (Å²) in [4.78, 5) is 20.7. The number of hydrogen-bond acceptors (Lipinski definition) is 2. The van der Waals surface area contributed by atoms with Gasteiger partial charge in [0.05, 0.1) is 0 Å². The first-order valence-corrected chi connectivity index (χ1v) is 5.97. The zero-order valence-corrected chi connectivity index (χ0v) is 11.6. The van der Waals surface area contributed by atoms with Crippen molar-refractivity contribution < 1.29 is 9.59 Å². The van der Waals surface area contributed by atoms with E-state index in [-0.39, 0.29) is 30.2 Å². The van der Waals surface area contributed by atoms with Gasteiger partial charge in [-0.1, -0.05) is 0 Å². The standard InChI is InChI=1S/C6H9O2.In.2H/c1-6(8)4-2-3-5-7;;;/h2-4H2,1H3;;;. The molecule has 0 radical (unpaired) electrons. The molecule has 50 valence electrons. The van der Waals surface area contributed by atoms with Gasteiger partial charge in [-0.3, -0.25) is 0 Å². The maximum absolute atomic E-state index is 10.4. The van der Waals surface area contributed by atoms with E-state index >= 15 is 0 Å². The number of carbonyl (C=O) groups excluding carboxylic acids is 2. The topological polar surface area (TPSA) is 34.1 Å². The third-order valence-corrected chi connectivity index (χ3v) is 2.48. The first kappa shape index (κ1) is 9.21. The third-order valence-electron chi connectivity index (χ3n) is 1.06. The van der Waals surface area contributed by atoms with Crippen LogP contribution in [0.2, 0.25) is 0 Å². The van der Waals surface area contributed by atoms with Crippen LogP contribution in [-0.2, 0) is 9.59 Å². The molecule has 0 heterocycles. The van der Waals surface area contributed by atoms with Crippen LogP contribution < -0.4 is 0 Å². The third kappa shape index (κ3) is 8.21. The number of hydrogen-bond donors (Lipinski definition) is 0. The van der Waals surface area contributed by atoms with E-state index in [2.05, 4.69) is 0 Å². The first-order valence-electron chi connectivity index (χ1n) is 3.12. The Morgan fingerprint density at radius 1 is 1.33 bits per heavy atom. The Labute approximate surface area is 69.6 Å². The Bertz CT molecular complexity index is 106. The molecule has 0 aromatic rings. The molecule has 0 amide bonds. The van der Waals surface area contributed by atoms with Gasteiger partial charge in [-0.2, -0.15) is 0 Å². The maximum atomic E-state index is 10.4. The van der Waals surface area contributed by atoms with Crippen LogP contribution in [0.15, 0.2) is 0 Å². The van der Waals surface area contributed by atoms with Crippen molar-refractivity contribution in [1.29, 1.82) is 0 Å². The molecule has 0 aliphatic heterocycles. The minimum atomic E-state index is 0.161. The molecule has 0 saturated carbocycles. The van der Waals surface area contributed by atoms with E-state index in [4.69, 9.17) is 0 Å². The van der Waals surface area contributed by atoms with Gasteiger partial charge in [0.1, 0.15) is 0 Å². The molecule has 0 fully saturated rings. The molecular formula is C6H11InO2. The molecule has 0 aliphatic carbocycles. The average molecular weight is 230 g/mol. The number of rotatable bonds is 4. The number of Topliss-reactive ketones (excluding diaryl/α,β-unsaturated/α-hetero) is 1. The molecule has 0 aliphatic rings. The van der Waals surface area contributed by atoms with Crippen LogP contribution in [0.1, 0.15) is 26.2 Å². The van der Waals surface area contributed by atoms with Gasteiger partial charge in [0.2, 0.25) is 0 Å². The summed E-state index contributed by atoms with van der Waals surface area (Å²) in [5.41, 5.74) is 0. The molecule has 0 spiro atoms. The Morgan fingerprint density at radius 3 is 2.22 bits per heavy atom. The van der Waals surface area contributed by atoms with Crippen LogP contribution in [0.3, 0.4) is 0 Å². The second kappa shape index (κ2) is 5.03. The molecule has 0 atom stereocenters. The normalized spacial score (nSPS) is 9.00. The van der Waals surface area contributed by atoms with E-state index in [1.807, 2.05) is 0 Å². The first-order chi connectivity index (χ1) is 4.13. The predicted octanol–water partition coefficient (Wildman–Crippen LogP) is -0.0946. The summed E-state index contributed by atoms with van der Waals surface area (Å²) < 4.78 is 0.373. The van der Waals surface area contributed by atoms with Crippen molar-refractivity contribution in [2.45, 2.75) is 26.2 Å². The molecular weight excluding hydrogens is 219 g/mol. The summed E-state index contributed by atoms with van der Waals surface area (Å²) in [5.74, 6) is 0.187. The molecule has 0 aromatic carbocycles. The van der Waals surface area contributed by atoms with Crippen LogP contribution in [-0.4, -0.2) is 33.7 Å². The van der Waals surface area contributed by atoms with Gasteiger partial charge in [0.15, 0.2) is 0 Å². The van der Waals surface area contributed by atoms with Crippen molar-refractivity contribution in [2.24, 2.45) is 0 Å². The Morgan fingerprint density at radius 2 is 1.89 bits per heavy atom. The molecule has 0 bridgehead atoms. The van der Waals surface area contributed by atoms with Crippen molar-refractivity contribution in [3.8, 4) is 0 Å². The van der Waals surface area contributed by atoms with Gasteiger partial charge < -0.3 is 0 Å². The number of carbonyl (C=O) groups is 2. The van der Waals surface area contributed by atoms with Gasteiger partial charge in [-0.05, 0) is 0 Å². The summed E-state index contributed by atoms with van der Waals surface area (Å²) in [7, 11) is 0. The molecule has 3 heteroatoms. The number of ketones is 1. The van der Waals surface area contributed by atoms with Crippen molar-refractivity contribution >= 4 is 33.7 Å². The van der Waals surface area contributed by atoms with Crippen LogP contribution in [0.5, 0.6) is 0 Å². The Balaban J connectivity index is 3.10. The predicted molar refractivity (Wildman–Crippen MR) is 38.1 cm³/mol. The second-order valence-corrected chi connectivity index (χ2v) is 5.44. The molecule has 0 aromatic heterocycles. The molecule has 0 unspecified atom stereocenters. The zero-order chi connectivity index (χ0) is 7.28. The molecule has 2 nitrogen and oxygen atoms in total.